The summed E-state index contributed by atoms with van der Waals surface area (Å²) in [5, 5.41) is 0.435. The van der Waals surface area contributed by atoms with Crippen molar-refractivity contribution in [1.82, 2.24) is 0 Å². The second-order valence-electron chi connectivity index (χ2n) is 7.05. The fourth-order valence-electron chi connectivity index (χ4n) is 2.90. The van der Waals surface area contributed by atoms with Gasteiger partial charge in [0.15, 0.2) is 0 Å². The van der Waals surface area contributed by atoms with E-state index in [4.69, 9.17) is 16.3 Å². The van der Waals surface area contributed by atoms with Gasteiger partial charge >= 0.3 is 5.97 Å². The molecule has 0 bridgehead atoms. The summed E-state index contributed by atoms with van der Waals surface area (Å²) in [7, 11) is 0. The highest BCUT2D eigenvalue weighted by molar-refractivity contribution is 6.33. The Labute approximate surface area is 142 Å². The number of carbonyl (C=O) groups is 1. The fraction of sp³-hybridized carbons (Fsp3) is 0.611. The molecule has 1 aliphatic heterocycles. The molecule has 0 amide bonds. The Kier molecular flexibility index (Phi) is 5.56. The number of anilines is 1. The summed E-state index contributed by atoms with van der Waals surface area (Å²) in [5.74, 6) is -0.541. The van der Waals surface area contributed by atoms with E-state index in [1.807, 2.05) is 31.7 Å². The van der Waals surface area contributed by atoms with Crippen molar-refractivity contribution in [2.45, 2.75) is 46.0 Å². The van der Waals surface area contributed by atoms with Crippen molar-refractivity contribution in [1.29, 1.82) is 0 Å². The van der Waals surface area contributed by atoms with Crippen LogP contribution in [-0.4, -0.2) is 25.7 Å². The number of hydrogen-bond acceptors (Lipinski definition) is 3. The van der Waals surface area contributed by atoms with E-state index in [0.29, 0.717) is 43.2 Å². The van der Waals surface area contributed by atoms with Gasteiger partial charge in [0.1, 0.15) is 5.82 Å². The summed E-state index contributed by atoms with van der Waals surface area (Å²) in [6.07, 6.45) is 1.32. The molecule has 1 heterocycles. The smallest absolute Gasteiger partial charge is 0.309 e. The number of benzene rings is 1. The molecule has 0 atom stereocenters. The SMILES string of the molecule is CCOC(=O)C1CCN(c2c(F)cc(C(C)(C)C)cc2Cl)CC1. The number of esters is 1. The third kappa shape index (κ3) is 4.17. The van der Waals surface area contributed by atoms with Gasteiger partial charge in [0.05, 0.1) is 23.2 Å². The maximum Gasteiger partial charge on any atom is 0.309 e. The van der Waals surface area contributed by atoms with E-state index in [1.165, 1.54) is 0 Å². The first-order valence-corrected chi connectivity index (χ1v) is 8.53. The van der Waals surface area contributed by atoms with E-state index in [0.717, 1.165) is 5.56 Å². The number of halogens is 2. The Bertz CT molecular complexity index is 552. The molecule has 0 aromatic heterocycles. The van der Waals surface area contributed by atoms with E-state index in [9.17, 15) is 9.18 Å². The van der Waals surface area contributed by atoms with Crippen LogP contribution in [0.4, 0.5) is 10.1 Å². The van der Waals surface area contributed by atoms with Gasteiger partial charge in [-0.1, -0.05) is 32.4 Å². The van der Waals surface area contributed by atoms with Crippen LogP contribution in [0.2, 0.25) is 5.02 Å². The molecular formula is C18H25ClFNO2. The van der Waals surface area contributed by atoms with Gasteiger partial charge in [0.25, 0.3) is 0 Å². The number of carbonyl (C=O) groups excluding carboxylic acids is 1. The van der Waals surface area contributed by atoms with Gasteiger partial charge in [-0.25, -0.2) is 4.39 Å². The van der Waals surface area contributed by atoms with Crippen LogP contribution in [0.1, 0.15) is 46.1 Å². The van der Waals surface area contributed by atoms with Crippen molar-refractivity contribution in [3.8, 4) is 0 Å². The normalized spacial score (nSPS) is 16.5. The first kappa shape index (κ1) is 18.1. The van der Waals surface area contributed by atoms with Gasteiger partial charge < -0.3 is 9.64 Å². The largest absolute Gasteiger partial charge is 0.466 e. The quantitative estimate of drug-likeness (QED) is 0.755. The van der Waals surface area contributed by atoms with Crippen LogP contribution in [0.3, 0.4) is 0 Å². The molecule has 1 fully saturated rings. The number of nitrogens with zero attached hydrogens (tertiary/aromatic N) is 1. The summed E-state index contributed by atoms with van der Waals surface area (Å²) < 4.78 is 19.6. The van der Waals surface area contributed by atoms with Gasteiger partial charge in [-0.3, -0.25) is 4.79 Å². The Morgan fingerprint density at radius 2 is 1.96 bits per heavy atom. The van der Waals surface area contributed by atoms with Gasteiger partial charge in [-0.05, 0) is 42.9 Å². The molecular weight excluding hydrogens is 317 g/mol. The van der Waals surface area contributed by atoms with E-state index in [2.05, 4.69) is 0 Å². The minimum atomic E-state index is -0.294. The zero-order valence-corrected chi connectivity index (χ0v) is 15.0. The van der Waals surface area contributed by atoms with Crippen LogP contribution in [0.25, 0.3) is 0 Å². The van der Waals surface area contributed by atoms with Crippen molar-refractivity contribution in [3.05, 3.63) is 28.5 Å². The maximum absolute atomic E-state index is 14.6. The minimum Gasteiger partial charge on any atom is -0.466 e. The average molecular weight is 342 g/mol. The summed E-state index contributed by atoms with van der Waals surface area (Å²) in [4.78, 5) is 13.7. The number of rotatable bonds is 3. The summed E-state index contributed by atoms with van der Waals surface area (Å²) in [5.41, 5.74) is 1.17. The standard InChI is InChI=1S/C18H25ClFNO2/c1-5-23-17(22)12-6-8-21(9-7-12)16-14(19)10-13(11-15(16)20)18(2,3)4/h10-12H,5-9H2,1-4H3. The number of ether oxygens (including phenoxy) is 1. The molecule has 3 nitrogen and oxygen atoms in total. The van der Waals surface area contributed by atoms with Gasteiger partial charge in [0, 0.05) is 13.1 Å². The Balaban J connectivity index is 2.14. The lowest BCUT2D eigenvalue weighted by atomic mass is 9.86. The van der Waals surface area contributed by atoms with Gasteiger partial charge in [-0.15, -0.1) is 0 Å². The summed E-state index contributed by atoms with van der Waals surface area (Å²) in [6.45, 7) is 9.50. The molecule has 1 aliphatic rings. The van der Waals surface area contributed by atoms with Crippen LogP contribution in [-0.2, 0) is 14.9 Å². The summed E-state index contributed by atoms with van der Waals surface area (Å²) >= 11 is 6.35. The average Bonchev–Trinajstić information content (AvgIpc) is 2.46. The van der Waals surface area contributed by atoms with E-state index >= 15 is 0 Å². The number of piperidine rings is 1. The topological polar surface area (TPSA) is 29.5 Å². The second-order valence-corrected chi connectivity index (χ2v) is 7.46. The molecule has 0 aliphatic carbocycles. The third-order valence-corrected chi connectivity index (χ3v) is 4.60. The molecule has 23 heavy (non-hydrogen) atoms. The predicted molar refractivity (Wildman–Crippen MR) is 91.7 cm³/mol. The van der Waals surface area contributed by atoms with Crippen molar-refractivity contribution < 1.29 is 13.9 Å². The molecule has 1 aromatic rings. The second kappa shape index (κ2) is 7.08. The first-order valence-electron chi connectivity index (χ1n) is 8.15. The Morgan fingerprint density at radius 1 is 1.35 bits per heavy atom. The van der Waals surface area contributed by atoms with Crippen molar-refractivity contribution >= 4 is 23.3 Å². The molecule has 0 saturated carbocycles. The molecule has 1 aromatic carbocycles. The minimum absolute atomic E-state index is 0.0955. The van der Waals surface area contributed by atoms with Crippen LogP contribution >= 0.6 is 11.6 Å². The number of hydrogen-bond donors (Lipinski definition) is 0. The molecule has 2 rings (SSSR count). The lowest BCUT2D eigenvalue weighted by molar-refractivity contribution is -0.148. The van der Waals surface area contributed by atoms with Crippen LogP contribution in [0, 0.1) is 11.7 Å². The monoisotopic (exact) mass is 341 g/mol. The van der Waals surface area contributed by atoms with Crippen LogP contribution in [0.5, 0.6) is 0 Å². The molecule has 0 spiro atoms. The van der Waals surface area contributed by atoms with Gasteiger partial charge in [0.2, 0.25) is 0 Å². The highest BCUT2D eigenvalue weighted by Crippen LogP contribution is 2.36. The highest BCUT2D eigenvalue weighted by atomic mass is 35.5. The van der Waals surface area contributed by atoms with E-state index in [-0.39, 0.29) is 23.1 Å². The Hall–Kier alpha value is -1.29. The van der Waals surface area contributed by atoms with Crippen LogP contribution in [0.15, 0.2) is 12.1 Å². The highest BCUT2D eigenvalue weighted by Gasteiger charge is 2.29. The lowest BCUT2D eigenvalue weighted by Crippen LogP contribution is -2.37. The van der Waals surface area contributed by atoms with Crippen molar-refractivity contribution in [3.63, 3.8) is 0 Å². The van der Waals surface area contributed by atoms with Crippen molar-refractivity contribution in [2.24, 2.45) is 5.92 Å². The molecule has 1 saturated heterocycles. The molecule has 0 unspecified atom stereocenters. The summed E-state index contributed by atoms with van der Waals surface area (Å²) in [6, 6.07) is 3.41. The Morgan fingerprint density at radius 3 is 2.43 bits per heavy atom. The van der Waals surface area contributed by atoms with Crippen molar-refractivity contribution in [2.75, 3.05) is 24.6 Å². The first-order chi connectivity index (χ1) is 10.7. The fourth-order valence-corrected chi connectivity index (χ4v) is 3.23. The lowest BCUT2D eigenvalue weighted by Gasteiger charge is -2.34. The maximum atomic E-state index is 14.6. The molecule has 0 radical (unpaired) electrons. The molecule has 128 valence electrons. The third-order valence-electron chi connectivity index (χ3n) is 4.31. The zero-order chi connectivity index (χ0) is 17.2. The molecule has 5 heteroatoms. The predicted octanol–water partition coefficient (Wildman–Crippen LogP) is 4.56. The zero-order valence-electron chi connectivity index (χ0n) is 14.3. The molecule has 0 N–H and O–H groups in total. The van der Waals surface area contributed by atoms with E-state index in [1.54, 1.807) is 13.0 Å². The van der Waals surface area contributed by atoms with Gasteiger partial charge in [-0.2, -0.15) is 0 Å². The van der Waals surface area contributed by atoms with Crippen LogP contribution < -0.4 is 4.90 Å². The van der Waals surface area contributed by atoms with E-state index < -0.39 is 0 Å².